The molecule has 0 bridgehead atoms. The van der Waals surface area contributed by atoms with Gasteiger partial charge in [0.1, 0.15) is 17.5 Å². The topological polar surface area (TPSA) is 84.5 Å². The van der Waals surface area contributed by atoms with E-state index in [1.165, 1.54) is 0 Å². The Morgan fingerprint density at radius 1 is 1.39 bits per heavy atom. The molecule has 1 aromatic rings. The third-order valence-corrected chi connectivity index (χ3v) is 3.10. The van der Waals surface area contributed by atoms with Gasteiger partial charge in [-0.05, 0) is 20.8 Å². The van der Waals surface area contributed by atoms with Crippen molar-refractivity contribution in [3.05, 3.63) is 11.4 Å². The summed E-state index contributed by atoms with van der Waals surface area (Å²) < 4.78 is 5.62. The molecule has 0 radical (unpaired) electrons. The van der Waals surface area contributed by atoms with Crippen molar-refractivity contribution in [2.24, 2.45) is 0 Å². The second-order valence-electron chi connectivity index (χ2n) is 4.76. The lowest BCUT2D eigenvalue weighted by molar-refractivity contribution is -0.0423. The molecule has 0 aliphatic carbocycles. The Morgan fingerprint density at radius 3 is 2.78 bits per heavy atom. The van der Waals surface area contributed by atoms with Crippen LogP contribution in [-0.2, 0) is 4.74 Å². The molecule has 1 aliphatic rings. The quantitative estimate of drug-likeness (QED) is 0.785. The van der Waals surface area contributed by atoms with Gasteiger partial charge in [0.15, 0.2) is 0 Å². The number of aryl methyl sites for hydroxylation is 1. The lowest BCUT2D eigenvalue weighted by atomic mass is 10.2. The highest BCUT2D eigenvalue weighted by molar-refractivity contribution is 5.56. The summed E-state index contributed by atoms with van der Waals surface area (Å²) >= 11 is 0. The molecule has 3 N–H and O–H groups in total. The van der Waals surface area contributed by atoms with Crippen molar-refractivity contribution in [1.82, 2.24) is 9.97 Å². The van der Waals surface area contributed by atoms with E-state index in [1.54, 1.807) is 0 Å². The van der Waals surface area contributed by atoms with Gasteiger partial charge in [-0.2, -0.15) is 0 Å². The number of aliphatic hydroxyl groups excluding tert-OH is 1. The zero-order valence-electron chi connectivity index (χ0n) is 11.1. The summed E-state index contributed by atoms with van der Waals surface area (Å²) in [5.74, 6) is 2.01. The number of anilines is 2. The van der Waals surface area contributed by atoms with E-state index >= 15 is 0 Å². The second kappa shape index (κ2) is 5.07. The number of nitrogens with zero attached hydrogens (tertiary/aromatic N) is 3. The molecule has 2 rings (SSSR count). The number of morpholine rings is 1. The molecular weight excluding hydrogens is 232 g/mol. The summed E-state index contributed by atoms with van der Waals surface area (Å²) in [6.07, 6.45) is -0.114. The van der Waals surface area contributed by atoms with Crippen molar-refractivity contribution >= 4 is 11.6 Å². The van der Waals surface area contributed by atoms with E-state index in [1.807, 2.05) is 20.8 Å². The van der Waals surface area contributed by atoms with Gasteiger partial charge in [0.05, 0.1) is 18.8 Å². The van der Waals surface area contributed by atoms with Gasteiger partial charge in [-0.1, -0.05) is 0 Å². The van der Waals surface area contributed by atoms with Gasteiger partial charge in [0.25, 0.3) is 0 Å². The van der Waals surface area contributed by atoms with Crippen molar-refractivity contribution in [2.75, 3.05) is 30.3 Å². The summed E-state index contributed by atoms with van der Waals surface area (Å²) in [5.41, 5.74) is 6.75. The number of hydrogen-bond acceptors (Lipinski definition) is 6. The van der Waals surface area contributed by atoms with Gasteiger partial charge >= 0.3 is 0 Å². The number of aliphatic hydroxyl groups is 1. The lowest BCUT2D eigenvalue weighted by Crippen LogP contribution is -2.48. The first-order chi connectivity index (χ1) is 8.51. The van der Waals surface area contributed by atoms with Crippen LogP contribution in [0.5, 0.6) is 0 Å². The van der Waals surface area contributed by atoms with Crippen LogP contribution in [-0.4, -0.2) is 47.0 Å². The zero-order valence-corrected chi connectivity index (χ0v) is 11.1. The van der Waals surface area contributed by atoms with Crippen molar-refractivity contribution < 1.29 is 9.84 Å². The minimum atomic E-state index is -0.176. The average molecular weight is 252 g/mol. The zero-order chi connectivity index (χ0) is 13.3. The Labute approximate surface area is 107 Å². The van der Waals surface area contributed by atoms with E-state index < -0.39 is 0 Å². The van der Waals surface area contributed by atoms with E-state index in [4.69, 9.17) is 10.5 Å². The van der Waals surface area contributed by atoms with Gasteiger partial charge in [0.2, 0.25) is 0 Å². The SMILES string of the molecule is Cc1nc(N)c(C)c(N2CC(C)OC(CO)C2)n1. The molecule has 0 spiro atoms. The third kappa shape index (κ3) is 2.54. The summed E-state index contributed by atoms with van der Waals surface area (Å²) in [6.45, 7) is 7.11. The average Bonchev–Trinajstić information content (AvgIpc) is 2.32. The molecule has 1 fully saturated rings. The molecule has 1 aromatic heterocycles. The largest absolute Gasteiger partial charge is 0.394 e. The van der Waals surface area contributed by atoms with Crippen LogP contribution in [0.25, 0.3) is 0 Å². The van der Waals surface area contributed by atoms with Crippen molar-refractivity contribution in [3.63, 3.8) is 0 Å². The predicted octanol–water partition coefficient (Wildman–Crippen LogP) is 0.262. The van der Waals surface area contributed by atoms with Crippen molar-refractivity contribution in [1.29, 1.82) is 0 Å². The Kier molecular flexibility index (Phi) is 3.68. The molecule has 0 aromatic carbocycles. The number of nitrogens with two attached hydrogens (primary N) is 1. The van der Waals surface area contributed by atoms with Crippen LogP contribution >= 0.6 is 0 Å². The molecule has 2 atom stereocenters. The number of nitrogen functional groups attached to an aromatic ring is 1. The van der Waals surface area contributed by atoms with E-state index in [2.05, 4.69) is 14.9 Å². The fourth-order valence-corrected chi connectivity index (χ4v) is 2.26. The van der Waals surface area contributed by atoms with Crippen LogP contribution in [0.4, 0.5) is 11.6 Å². The maximum Gasteiger partial charge on any atom is 0.137 e. The van der Waals surface area contributed by atoms with E-state index in [9.17, 15) is 5.11 Å². The molecule has 18 heavy (non-hydrogen) atoms. The fraction of sp³-hybridized carbons (Fsp3) is 0.667. The molecular formula is C12H20N4O2. The monoisotopic (exact) mass is 252 g/mol. The number of rotatable bonds is 2. The first-order valence-corrected chi connectivity index (χ1v) is 6.13. The fourth-order valence-electron chi connectivity index (χ4n) is 2.26. The Morgan fingerprint density at radius 2 is 2.11 bits per heavy atom. The molecule has 1 aliphatic heterocycles. The first kappa shape index (κ1) is 13.0. The molecule has 1 saturated heterocycles. The summed E-state index contributed by atoms with van der Waals surface area (Å²) in [7, 11) is 0. The minimum Gasteiger partial charge on any atom is -0.394 e. The first-order valence-electron chi connectivity index (χ1n) is 6.13. The van der Waals surface area contributed by atoms with Crippen LogP contribution < -0.4 is 10.6 Å². The maximum absolute atomic E-state index is 9.24. The standard InChI is InChI=1S/C12H20N4O2/c1-7-4-16(5-10(6-17)18-7)12-8(2)11(13)14-9(3)15-12/h7,10,17H,4-6H2,1-3H3,(H2,13,14,15). The number of ether oxygens (including phenoxy) is 1. The summed E-state index contributed by atoms with van der Waals surface area (Å²) in [4.78, 5) is 10.7. The summed E-state index contributed by atoms with van der Waals surface area (Å²) in [6, 6.07) is 0. The van der Waals surface area contributed by atoms with Gasteiger partial charge in [-0.15, -0.1) is 0 Å². The Hall–Kier alpha value is -1.40. The molecule has 2 unspecified atom stereocenters. The van der Waals surface area contributed by atoms with Crippen molar-refractivity contribution in [3.8, 4) is 0 Å². The molecule has 0 saturated carbocycles. The van der Waals surface area contributed by atoms with Crippen LogP contribution in [0.3, 0.4) is 0 Å². The Bertz CT molecular complexity index is 438. The van der Waals surface area contributed by atoms with E-state index in [-0.39, 0.29) is 18.8 Å². The number of hydrogen-bond donors (Lipinski definition) is 2. The molecule has 2 heterocycles. The van der Waals surface area contributed by atoms with Crippen LogP contribution in [0.1, 0.15) is 18.3 Å². The van der Waals surface area contributed by atoms with Crippen LogP contribution in [0, 0.1) is 13.8 Å². The van der Waals surface area contributed by atoms with Gasteiger partial charge in [-0.3, -0.25) is 0 Å². The highest BCUT2D eigenvalue weighted by atomic mass is 16.5. The normalized spacial score (nSPS) is 24.3. The summed E-state index contributed by atoms with van der Waals surface area (Å²) in [5, 5.41) is 9.24. The molecule has 6 nitrogen and oxygen atoms in total. The van der Waals surface area contributed by atoms with E-state index in [0.717, 1.165) is 17.9 Å². The smallest absolute Gasteiger partial charge is 0.137 e. The lowest BCUT2D eigenvalue weighted by Gasteiger charge is -2.37. The minimum absolute atomic E-state index is 0.0133. The molecule has 0 amide bonds. The highest BCUT2D eigenvalue weighted by Crippen LogP contribution is 2.24. The van der Waals surface area contributed by atoms with Crippen LogP contribution in [0.15, 0.2) is 0 Å². The van der Waals surface area contributed by atoms with Crippen LogP contribution in [0.2, 0.25) is 0 Å². The van der Waals surface area contributed by atoms with Gasteiger partial charge in [0, 0.05) is 18.7 Å². The van der Waals surface area contributed by atoms with E-state index in [0.29, 0.717) is 18.2 Å². The third-order valence-electron chi connectivity index (χ3n) is 3.10. The number of aromatic nitrogens is 2. The highest BCUT2D eigenvalue weighted by Gasteiger charge is 2.27. The predicted molar refractivity (Wildman–Crippen MR) is 69.6 cm³/mol. The molecule has 6 heteroatoms. The second-order valence-corrected chi connectivity index (χ2v) is 4.76. The Balaban J connectivity index is 2.30. The van der Waals surface area contributed by atoms with Crippen molar-refractivity contribution in [2.45, 2.75) is 33.0 Å². The molecule has 100 valence electrons. The maximum atomic E-state index is 9.24. The van der Waals surface area contributed by atoms with Gasteiger partial charge < -0.3 is 20.5 Å². The van der Waals surface area contributed by atoms with Gasteiger partial charge in [-0.25, -0.2) is 9.97 Å².